The van der Waals surface area contributed by atoms with Gasteiger partial charge in [0.2, 0.25) is 0 Å². The molecule has 0 heterocycles. The van der Waals surface area contributed by atoms with Crippen molar-refractivity contribution in [1.82, 2.24) is 0 Å². The van der Waals surface area contributed by atoms with Gasteiger partial charge in [0.15, 0.2) is 5.78 Å². The second-order valence-corrected chi connectivity index (χ2v) is 9.82. The average Bonchev–Trinajstić information content (AvgIpc) is 2.85. The first-order chi connectivity index (χ1) is 11.6. The predicted molar refractivity (Wildman–Crippen MR) is 92.8 cm³/mol. The smallest absolute Gasteiger partial charge is 0.161 e. The maximum Gasteiger partial charge on any atom is 0.161 e. The Bertz CT molecular complexity index is 654. The zero-order chi connectivity index (χ0) is 18.2. The van der Waals surface area contributed by atoms with Gasteiger partial charge in [0.1, 0.15) is 17.2 Å². The second kappa shape index (κ2) is 5.25. The third-order valence-electron chi connectivity index (χ3n) is 8.90. The van der Waals surface area contributed by atoms with Crippen molar-refractivity contribution in [3.8, 4) is 0 Å². The van der Waals surface area contributed by atoms with Gasteiger partial charge in [-0.2, -0.15) is 0 Å². The lowest BCUT2D eigenvalue weighted by Gasteiger charge is -2.60. The molecule has 0 unspecified atom stereocenters. The van der Waals surface area contributed by atoms with Crippen LogP contribution in [0.25, 0.3) is 0 Å². The first-order valence-corrected chi connectivity index (χ1v) is 9.91. The Morgan fingerprint density at radius 3 is 2.48 bits per heavy atom. The van der Waals surface area contributed by atoms with Crippen LogP contribution in [0.2, 0.25) is 0 Å². The molecular weight excluding hydrogens is 316 g/mol. The predicted octanol–water partition coefficient (Wildman–Crippen LogP) is 3.10. The van der Waals surface area contributed by atoms with E-state index in [-0.39, 0.29) is 40.2 Å². The highest BCUT2D eigenvalue weighted by molar-refractivity contribution is 5.91. The first kappa shape index (κ1) is 17.4. The number of ketones is 3. The first-order valence-electron chi connectivity index (χ1n) is 9.91. The molecule has 138 valence electrons. The van der Waals surface area contributed by atoms with Crippen LogP contribution in [0.3, 0.4) is 0 Å². The van der Waals surface area contributed by atoms with Crippen LogP contribution < -0.4 is 0 Å². The molecule has 0 amide bonds. The third kappa shape index (κ3) is 2.19. The summed E-state index contributed by atoms with van der Waals surface area (Å²) in [6, 6.07) is 0. The molecule has 4 fully saturated rings. The topological polar surface area (TPSA) is 71.4 Å². The fourth-order valence-corrected chi connectivity index (χ4v) is 7.02. The molecular formula is C21H30O4. The molecule has 0 aromatic heterocycles. The summed E-state index contributed by atoms with van der Waals surface area (Å²) in [5.74, 6) is 1.08. The van der Waals surface area contributed by atoms with Crippen molar-refractivity contribution in [2.75, 3.05) is 0 Å². The summed E-state index contributed by atoms with van der Waals surface area (Å²) in [4.78, 5) is 37.5. The van der Waals surface area contributed by atoms with E-state index in [1.165, 1.54) is 6.92 Å². The van der Waals surface area contributed by atoms with E-state index in [1.807, 2.05) is 0 Å². The van der Waals surface area contributed by atoms with Crippen molar-refractivity contribution in [2.24, 2.45) is 34.5 Å². The van der Waals surface area contributed by atoms with E-state index in [0.29, 0.717) is 37.4 Å². The van der Waals surface area contributed by atoms with Gasteiger partial charge < -0.3 is 5.11 Å². The highest BCUT2D eigenvalue weighted by Crippen LogP contribution is 2.65. The van der Waals surface area contributed by atoms with Crippen molar-refractivity contribution >= 4 is 17.3 Å². The fraction of sp³-hybridized carbons (Fsp3) is 0.857. The highest BCUT2D eigenvalue weighted by Gasteiger charge is 2.64. The monoisotopic (exact) mass is 346 g/mol. The average molecular weight is 346 g/mol. The molecule has 0 spiro atoms. The van der Waals surface area contributed by atoms with Crippen LogP contribution in [0.5, 0.6) is 0 Å². The van der Waals surface area contributed by atoms with Gasteiger partial charge >= 0.3 is 0 Å². The number of rotatable bonds is 1. The third-order valence-corrected chi connectivity index (χ3v) is 8.90. The lowest BCUT2D eigenvalue weighted by molar-refractivity contribution is -0.172. The van der Waals surface area contributed by atoms with Gasteiger partial charge in [-0.25, -0.2) is 0 Å². The molecule has 4 aliphatic rings. The summed E-state index contributed by atoms with van der Waals surface area (Å²) in [6.45, 7) is 5.83. The molecule has 4 saturated carbocycles. The number of hydrogen-bond acceptors (Lipinski definition) is 4. The number of Topliss-reactive ketones (excluding diaryl/α,β-unsaturated/α-hetero) is 3. The lowest BCUT2D eigenvalue weighted by atomic mass is 9.44. The van der Waals surface area contributed by atoms with E-state index in [1.54, 1.807) is 0 Å². The largest absolute Gasteiger partial charge is 0.382 e. The molecule has 0 aromatic rings. The van der Waals surface area contributed by atoms with E-state index in [9.17, 15) is 19.5 Å². The van der Waals surface area contributed by atoms with Crippen molar-refractivity contribution in [1.29, 1.82) is 0 Å². The van der Waals surface area contributed by atoms with Crippen molar-refractivity contribution < 1.29 is 19.5 Å². The maximum atomic E-state index is 13.1. The van der Waals surface area contributed by atoms with Crippen LogP contribution in [-0.4, -0.2) is 28.1 Å². The van der Waals surface area contributed by atoms with Crippen molar-refractivity contribution in [2.45, 2.75) is 77.7 Å². The van der Waals surface area contributed by atoms with Crippen LogP contribution >= 0.6 is 0 Å². The summed E-state index contributed by atoms with van der Waals surface area (Å²) in [7, 11) is 0. The highest BCUT2D eigenvalue weighted by atomic mass is 16.3. The Hall–Kier alpha value is -1.03. The standard InChI is InChI=1S/C21H30O4/c1-12(22)21(25)9-8-19(2)13(11-21)10-16(23)18-14-4-5-17(24)20(14,3)7-6-15(18)19/h13-15,18,25H,4-11H2,1-3H3/t13-,14-,15-,18-,19-,20-,21-/m0/s1. The van der Waals surface area contributed by atoms with Gasteiger partial charge in [0.05, 0.1) is 0 Å². The number of hydrogen-bond donors (Lipinski definition) is 1. The summed E-state index contributed by atoms with van der Waals surface area (Å²) in [6.07, 6.45) is 5.52. The zero-order valence-corrected chi connectivity index (χ0v) is 15.6. The molecule has 4 heteroatoms. The minimum atomic E-state index is -1.25. The Morgan fingerprint density at radius 1 is 1.08 bits per heavy atom. The van der Waals surface area contributed by atoms with Crippen LogP contribution in [0.1, 0.15) is 72.1 Å². The maximum absolute atomic E-state index is 13.1. The second-order valence-electron chi connectivity index (χ2n) is 9.82. The fourth-order valence-electron chi connectivity index (χ4n) is 7.02. The Morgan fingerprint density at radius 2 is 1.80 bits per heavy atom. The van der Waals surface area contributed by atoms with E-state index >= 15 is 0 Å². The number of carbonyl (C=O) groups is 3. The van der Waals surface area contributed by atoms with Gasteiger partial charge in [-0.3, -0.25) is 14.4 Å². The summed E-state index contributed by atoms with van der Waals surface area (Å²) in [5.41, 5.74) is -1.54. The quantitative estimate of drug-likeness (QED) is 0.792. The molecule has 0 aromatic carbocycles. The Balaban J connectivity index is 1.67. The van der Waals surface area contributed by atoms with Gasteiger partial charge in [-0.05, 0) is 68.6 Å². The van der Waals surface area contributed by atoms with Crippen LogP contribution in [0.4, 0.5) is 0 Å². The minimum absolute atomic E-state index is 0.00717. The van der Waals surface area contributed by atoms with Gasteiger partial charge in [0.25, 0.3) is 0 Å². The molecule has 7 atom stereocenters. The van der Waals surface area contributed by atoms with Crippen LogP contribution in [-0.2, 0) is 14.4 Å². The number of aliphatic hydroxyl groups is 1. The molecule has 1 N–H and O–H groups in total. The molecule has 0 bridgehead atoms. The summed E-state index contributed by atoms with van der Waals surface area (Å²) >= 11 is 0. The van der Waals surface area contributed by atoms with E-state index in [4.69, 9.17) is 0 Å². The number of fused-ring (bicyclic) bond motifs is 5. The van der Waals surface area contributed by atoms with E-state index in [0.717, 1.165) is 25.7 Å². The molecule has 4 aliphatic carbocycles. The summed E-state index contributed by atoms with van der Waals surface area (Å²) in [5, 5.41) is 10.7. The van der Waals surface area contributed by atoms with Gasteiger partial charge in [-0.1, -0.05) is 13.8 Å². The van der Waals surface area contributed by atoms with Gasteiger partial charge in [-0.15, -0.1) is 0 Å². The SMILES string of the molecule is CC(=O)[C@]1(O)CC[C@@]2(C)[C@@H](CC(=O)[C@@H]3[C@@H]2CC[C@]2(C)C(=O)CC[C@@H]32)C1. The molecule has 4 rings (SSSR count). The molecule has 0 aliphatic heterocycles. The Labute approximate surface area is 149 Å². The molecule has 0 saturated heterocycles. The van der Waals surface area contributed by atoms with Crippen LogP contribution in [0, 0.1) is 34.5 Å². The Kier molecular flexibility index (Phi) is 3.65. The van der Waals surface area contributed by atoms with Crippen LogP contribution in [0.15, 0.2) is 0 Å². The van der Waals surface area contributed by atoms with E-state index in [2.05, 4.69) is 13.8 Å². The van der Waals surface area contributed by atoms with Gasteiger partial charge in [0, 0.05) is 24.2 Å². The minimum Gasteiger partial charge on any atom is -0.382 e. The number of carbonyl (C=O) groups excluding carboxylic acids is 3. The molecule has 4 nitrogen and oxygen atoms in total. The van der Waals surface area contributed by atoms with E-state index < -0.39 is 5.60 Å². The van der Waals surface area contributed by atoms with Crippen molar-refractivity contribution in [3.05, 3.63) is 0 Å². The zero-order valence-electron chi connectivity index (χ0n) is 15.6. The summed E-state index contributed by atoms with van der Waals surface area (Å²) < 4.78 is 0. The lowest BCUT2D eigenvalue weighted by Crippen LogP contribution is -2.59. The normalized spacial score (nSPS) is 52.3. The molecule has 0 radical (unpaired) electrons. The molecule has 25 heavy (non-hydrogen) atoms. The van der Waals surface area contributed by atoms with Crippen molar-refractivity contribution in [3.63, 3.8) is 0 Å².